The monoisotopic (exact) mass is 294 g/mol. The van der Waals surface area contributed by atoms with Crippen LogP contribution in [0.3, 0.4) is 0 Å². The van der Waals surface area contributed by atoms with E-state index < -0.39 is 0 Å². The number of carbonyl (C=O) groups is 3. The van der Waals surface area contributed by atoms with Gasteiger partial charge in [0.05, 0.1) is 9.75 Å². The predicted molar refractivity (Wildman–Crippen MR) is 77.1 cm³/mol. The number of Topliss-reactive ketones (excluding diaryl/α,β-unsaturated/α-hetero) is 1. The van der Waals surface area contributed by atoms with Crippen molar-refractivity contribution in [3.05, 3.63) is 21.9 Å². The first-order chi connectivity index (χ1) is 9.47. The Kier molecular flexibility index (Phi) is 4.54. The number of likely N-dealkylation sites (tertiary alicyclic amines) is 1. The number of amides is 2. The molecule has 1 aliphatic heterocycles. The number of thiophene rings is 1. The number of rotatable bonds is 3. The van der Waals surface area contributed by atoms with Crippen molar-refractivity contribution >= 4 is 28.9 Å². The fourth-order valence-corrected chi connectivity index (χ4v) is 3.05. The van der Waals surface area contributed by atoms with E-state index in [1.807, 2.05) is 0 Å². The molecule has 1 saturated heterocycles. The minimum Gasteiger partial charge on any atom is -0.348 e. The van der Waals surface area contributed by atoms with E-state index in [0.29, 0.717) is 22.8 Å². The first-order valence-corrected chi connectivity index (χ1v) is 7.46. The molecule has 2 heterocycles. The van der Waals surface area contributed by atoms with Gasteiger partial charge in [0.2, 0.25) is 5.91 Å². The van der Waals surface area contributed by atoms with Gasteiger partial charge < -0.3 is 10.2 Å². The molecule has 20 heavy (non-hydrogen) atoms. The highest BCUT2D eigenvalue weighted by molar-refractivity contribution is 7.15. The first-order valence-electron chi connectivity index (χ1n) is 6.64. The van der Waals surface area contributed by atoms with Crippen LogP contribution in [0.5, 0.6) is 0 Å². The quantitative estimate of drug-likeness (QED) is 0.863. The van der Waals surface area contributed by atoms with Gasteiger partial charge in [-0.2, -0.15) is 0 Å². The molecule has 1 fully saturated rings. The van der Waals surface area contributed by atoms with E-state index >= 15 is 0 Å². The van der Waals surface area contributed by atoms with Crippen LogP contribution in [0.15, 0.2) is 12.1 Å². The summed E-state index contributed by atoms with van der Waals surface area (Å²) in [6.45, 7) is 4.42. The Morgan fingerprint density at radius 2 is 1.75 bits per heavy atom. The van der Waals surface area contributed by atoms with Crippen LogP contribution in [0, 0.1) is 0 Å². The summed E-state index contributed by atoms with van der Waals surface area (Å²) in [6, 6.07) is 3.46. The van der Waals surface area contributed by atoms with Crippen LogP contribution in [-0.2, 0) is 4.79 Å². The SMILES string of the molecule is CC(=O)c1ccc(C(=O)NC2CCN(C(C)=O)CC2)s1. The van der Waals surface area contributed by atoms with E-state index in [1.54, 1.807) is 24.0 Å². The zero-order valence-electron chi connectivity index (χ0n) is 11.6. The fourth-order valence-electron chi connectivity index (χ4n) is 2.24. The molecule has 0 aliphatic carbocycles. The van der Waals surface area contributed by atoms with Crippen molar-refractivity contribution in [2.75, 3.05) is 13.1 Å². The summed E-state index contributed by atoms with van der Waals surface area (Å²) in [5, 5.41) is 2.97. The largest absolute Gasteiger partial charge is 0.348 e. The molecule has 0 radical (unpaired) electrons. The number of nitrogens with zero attached hydrogens (tertiary/aromatic N) is 1. The summed E-state index contributed by atoms with van der Waals surface area (Å²) in [7, 11) is 0. The third-order valence-corrected chi connectivity index (χ3v) is 4.64. The summed E-state index contributed by atoms with van der Waals surface area (Å²) >= 11 is 1.22. The molecular weight excluding hydrogens is 276 g/mol. The van der Waals surface area contributed by atoms with Gasteiger partial charge in [0.15, 0.2) is 5.78 Å². The van der Waals surface area contributed by atoms with Gasteiger partial charge in [-0.1, -0.05) is 0 Å². The number of ketones is 1. The van der Waals surface area contributed by atoms with Gasteiger partial charge in [-0.3, -0.25) is 14.4 Å². The minimum atomic E-state index is -0.135. The molecule has 2 amide bonds. The lowest BCUT2D eigenvalue weighted by Gasteiger charge is -2.31. The predicted octanol–water partition coefficient (Wildman–Crippen LogP) is 1.69. The van der Waals surface area contributed by atoms with Gasteiger partial charge >= 0.3 is 0 Å². The molecule has 1 aromatic heterocycles. The molecule has 0 bridgehead atoms. The molecule has 0 aromatic carbocycles. The fraction of sp³-hybridized carbons (Fsp3) is 0.500. The topological polar surface area (TPSA) is 66.5 Å². The van der Waals surface area contributed by atoms with Crippen molar-refractivity contribution in [2.24, 2.45) is 0 Å². The van der Waals surface area contributed by atoms with Crippen LogP contribution in [0.25, 0.3) is 0 Å². The van der Waals surface area contributed by atoms with E-state index in [0.717, 1.165) is 12.8 Å². The lowest BCUT2D eigenvalue weighted by atomic mass is 10.0. The third kappa shape index (κ3) is 3.45. The van der Waals surface area contributed by atoms with Gasteiger partial charge in [-0.25, -0.2) is 0 Å². The van der Waals surface area contributed by atoms with E-state index in [9.17, 15) is 14.4 Å². The molecule has 108 valence electrons. The maximum Gasteiger partial charge on any atom is 0.261 e. The number of hydrogen-bond donors (Lipinski definition) is 1. The highest BCUT2D eigenvalue weighted by Crippen LogP contribution is 2.18. The molecule has 1 N–H and O–H groups in total. The summed E-state index contributed by atoms with van der Waals surface area (Å²) in [6.07, 6.45) is 1.55. The molecule has 6 heteroatoms. The van der Waals surface area contributed by atoms with Crippen LogP contribution in [0.1, 0.15) is 46.0 Å². The minimum absolute atomic E-state index is 0.0242. The van der Waals surface area contributed by atoms with Crippen molar-refractivity contribution in [3.8, 4) is 0 Å². The van der Waals surface area contributed by atoms with Gasteiger partial charge in [0, 0.05) is 26.1 Å². The zero-order chi connectivity index (χ0) is 14.7. The Morgan fingerprint density at radius 3 is 2.25 bits per heavy atom. The van der Waals surface area contributed by atoms with Crippen LogP contribution >= 0.6 is 11.3 Å². The van der Waals surface area contributed by atoms with Crippen LogP contribution in [-0.4, -0.2) is 41.6 Å². The molecule has 0 atom stereocenters. The van der Waals surface area contributed by atoms with Crippen molar-refractivity contribution < 1.29 is 14.4 Å². The third-order valence-electron chi connectivity index (χ3n) is 3.45. The summed E-state index contributed by atoms with van der Waals surface area (Å²) in [5.41, 5.74) is 0. The van der Waals surface area contributed by atoms with Gasteiger partial charge in [0.25, 0.3) is 5.91 Å². The molecule has 1 aromatic rings. The maximum atomic E-state index is 12.1. The molecule has 5 nitrogen and oxygen atoms in total. The van der Waals surface area contributed by atoms with Crippen molar-refractivity contribution in [1.82, 2.24) is 10.2 Å². The van der Waals surface area contributed by atoms with Gasteiger partial charge in [-0.15, -0.1) is 11.3 Å². The van der Waals surface area contributed by atoms with Crippen LogP contribution in [0.4, 0.5) is 0 Å². The lowest BCUT2D eigenvalue weighted by Crippen LogP contribution is -2.45. The number of carbonyl (C=O) groups excluding carboxylic acids is 3. The summed E-state index contributed by atoms with van der Waals surface area (Å²) in [4.78, 5) is 37.5. The Balaban J connectivity index is 1.89. The standard InChI is InChI=1S/C14H18N2O3S/c1-9(17)12-3-4-13(20-12)14(19)15-11-5-7-16(8-6-11)10(2)18/h3-4,11H,5-8H2,1-2H3,(H,15,19). The molecule has 0 unspecified atom stereocenters. The molecule has 0 spiro atoms. The smallest absolute Gasteiger partial charge is 0.261 e. The first kappa shape index (κ1) is 14.7. The van der Waals surface area contributed by atoms with Gasteiger partial charge in [0.1, 0.15) is 0 Å². The summed E-state index contributed by atoms with van der Waals surface area (Å²) in [5.74, 6) is -0.0771. The average Bonchev–Trinajstić information content (AvgIpc) is 2.89. The second-order valence-electron chi connectivity index (χ2n) is 4.97. The Bertz CT molecular complexity index is 530. The molecule has 1 aliphatic rings. The van der Waals surface area contributed by atoms with Crippen LogP contribution < -0.4 is 5.32 Å². The Morgan fingerprint density at radius 1 is 1.15 bits per heavy atom. The number of piperidine rings is 1. The average molecular weight is 294 g/mol. The van der Waals surface area contributed by atoms with Crippen molar-refractivity contribution in [3.63, 3.8) is 0 Å². The Hall–Kier alpha value is -1.69. The summed E-state index contributed by atoms with van der Waals surface area (Å²) < 4.78 is 0. The van der Waals surface area contributed by atoms with E-state index in [1.165, 1.54) is 18.3 Å². The zero-order valence-corrected chi connectivity index (χ0v) is 12.5. The van der Waals surface area contributed by atoms with E-state index in [4.69, 9.17) is 0 Å². The number of hydrogen-bond acceptors (Lipinski definition) is 4. The second kappa shape index (κ2) is 6.17. The molecule has 0 saturated carbocycles. The number of nitrogens with one attached hydrogen (secondary N) is 1. The second-order valence-corrected chi connectivity index (χ2v) is 6.06. The van der Waals surface area contributed by atoms with Crippen molar-refractivity contribution in [1.29, 1.82) is 0 Å². The highest BCUT2D eigenvalue weighted by Gasteiger charge is 2.22. The van der Waals surface area contributed by atoms with E-state index in [2.05, 4.69) is 5.32 Å². The van der Waals surface area contributed by atoms with Crippen LogP contribution in [0.2, 0.25) is 0 Å². The highest BCUT2D eigenvalue weighted by atomic mass is 32.1. The molecule has 2 rings (SSSR count). The lowest BCUT2D eigenvalue weighted by molar-refractivity contribution is -0.129. The van der Waals surface area contributed by atoms with Gasteiger partial charge in [-0.05, 0) is 31.9 Å². The maximum absolute atomic E-state index is 12.1. The normalized spacial score (nSPS) is 16.0. The van der Waals surface area contributed by atoms with Crippen molar-refractivity contribution in [2.45, 2.75) is 32.7 Å². The Labute approximate surface area is 122 Å². The molecular formula is C14H18N2O3S. The van der Waals surface area contributed by atoms with E-state index in [-0.39, 0.29) is 23.6 Å².